The number of benzene rings is 1. The minimum Gasteiger partial charge on any atom is -0.493 e. The lowest BCUT2D eigenvalue weighted by Crippen LogP contribution is -2.23. The number of hydrogen-bond donors (Lipinski definition) is 0. The summed E-state index contributed by atoms with van der Waals surface area (Å²) in [5.74, 6) is 1.67. The Bertz CT molecular complexity index is 551. The van der Waals surface area contributed by atoms with Crippen molar-refractivity contribution in [2.24, 2.45) is 0 Å². The van der Waals surface area contributed by atoms with Gasteiger partial charge in [0.15, 0.2) is 0 Å². The van der Waals surface area contributed by atoms with Crippen LogP contribution in [0.5, 0.6) is 11.5 Å². The van der Waals surface area contributed by atoms with Crippen LogP contribution in [0.4, 0.5) is 0 Å². The fraction of sp³-hybridized carbons (Fsp3) is 0.471. The Morgan fingerprint density at radius 1 is 1.48 bits per heavy atom. The van der Waals surface area contributed by atoms with Crippen LogP contribution in [0.2, 0.25) is 0 Å². The predicted octanol–water partition coefficient (Wildman–Crippen LogP) is 2.90. The van der Waals surface area contributed by atoms with Crippen LogP contribution in [0.3, 0.4) is 0 Å². The van der Waals surface area contributed by atoms with Gasteiger partial charge >= 0.3 is 0 Å². The molecular weight excluding hydrogens is 266 g/mol. The molecule has 4 nitrogen and oxygen atoms in total. The molecule has 1 aromatic carbocycles. The average Bonchev–Trinajstić information content (AvgIpc) is 2.82. The van der Waals surface area contributed by atoms with Crippen molar-refractivity contribution in [3.8, 4) is 11.5 Å². The second-order valence-corrected chi connectivity index (χ2v) is 5.25. The van der Waals surface area contributed by atoms with Crippen molar-refractivity contribution in [2.75, 3.05) is 20.2 Å². The fourth-order valence-electron chi connectivity index (χ4n) is 2.31. The van der Waals surface area contributed by atoms with Gasteiger partial charge in [0, 0.05) is 37.2 Å². The third kappa shape index (κ3) is 3.57. The summed E-state index contributed by atoms with van der Waals surface area (Å²) in [6.45, 7) is 7.23. The monoisotopic (exact) mass is 289 g/mol. The second-order valence-electron chi connectivity index (χ2n) is 5.25. The lowest BCUT2D eigenvalue weighted by atomic mass is 10.1. The zero-order valence-corrected chi connectivity index (χ0v) is 13.2. The summed E-state index contributed by atoms with van der Waals surface area (Å²) < 4.78 is 11.5. The van der Waals surface area contributed by atoms with Crippen molar-refractivity contribution >= 4 is 12.0 Å². The van der Waals surface area contributed by atoms with E-state index in [1.54, 1.807) is 24.1 Å². The number of fused-ring (bicyclic) bond motifs is 1. The summed E-state index contributed by atoms with van der Waals surface area (Å²) in [4.78, 5) is 13.5. The van der Waals surface area contributed by atoms with Gasteiger partial charge in [0.2, 0.25) is 5.91 Å². The molecule has 114 valence electrons. The number of likely N-dealkylation sites (N-methyl/N-ethyl adjacent to an activating group) is 1. The number of amides is 1. The molecule has 0 bridgehead atoms. The molecule has 1 atom stereocenters. The van der Waals surface area contributed by atoms with Crippen molar-refractivity contribution in [3.05, 3.63) is 29.3 Å². The highest BCUT2D eigenvalue weighted by atomic mass is 16.5. The maximum atomic E-state index is 11.9. The van der Waals surface area contributed by atoms with Gasteiger partial charge in [-0.25, -0.2) is 0 Å². The summed E-state index contributed by atoms with van der Waals surface area (Å²) in [7, 11) is 1.78. The van der Waals surface area contributed by atoms with Gasteiger partial charge < -0.3 is 14.4 Å². The fourth-order valence-corrected chi connectivity index (χ4v) is 2.31. The largest absolute Gasteiger partial charge is 0.493 e. The van der Waals surface area contributed by atoms with E-state index in [2.05, 4.69) is 6.92 Å². The molecule has 0 radical (unpaired) electrons. The Morgan fingerprint density at radius 3 is 2.90 bits per heavy atom. The number of nitrogens with zero attached hydrogens (tertiary/aromatic N) is 1. The van der Waals surface area contributed by atoms with E-state index in [0.29, 0.717) is 13.2 Å². The third-order valence-electron chi connectivity index (χ3n) is 3.58. The summed E-state index contributed by atoms with van der Waals surface area (Å²) in [6, 6.07) is 3.98. The smallest absolute Gasteiger partial charge is 0.246 e. The van der Waals surface area contributed by atoms with E-state index in [4.69, 9.17) is 9.47 Å². The van der Waals surface area contributed by atoms with E-state index in [1.807, 2.05) is 26.0 Å². The van der Waals surface area contributed by atoms with Gasteiger partial charge in [0.05, 0.1) is 6.61 Å². The molecule has 0 saturated heterocycles. The minimum absolute atomic E-state index is 0.0188. The first-order valence-corrected chi connectivity index (χ1v) is 7.44. The first-order valence-electron chi connectivity index (χ1n) is 7.44. The maximum Gasteiger partial charge on any atom is 0.246 e. The Hall–Kier alpha value is -1.97. The summed E-state index contributed by atoms with van der Waals surface area (Å²) in [5.41, 5.74) is 2.04. The molecule has 21 heavy (non-hydrogen) atoms. The van der Waals surface area contributed by atoms with Gasteiger partial charge in [-0.15, -0.1) is 0 Å². The molecule has 1 heterocycles. The Balaban J connectivity index is 2.27. The van der Waals surface area contributed by atoms with Gasteiger partial charge in [-0.1, -0.05) is 0 Å². The highest BCUT2D eigenvalue weighted by molar-refractivity contribution is 5.92. The number of rotatable bonds is 5. The van der Waals surface area contributed by atoms with Gasteiger partial charge in [-0.05, 0) is 39.0 Å². The van der Waals surface area contributed by atoms with Crippen LogP contribution >= 0.6 is 0 Å². The van der Waals surface area contributed by atoms with Crippen LogP contribution in [-0.4, -0.2) is 37.1 Å². The van der Waals surface area contributed by atoms with E-state index in [0.717, 1.165) is 23.5 Å². The summed E-state index contributed by atoms with van der Waals surface area (Å²) in [5, 5.41) is 0. The summed E-state index contributed by atoms with van der Waals surface area (Å²) in [6.07, 6.45) is 4.47. The molecule has 0 spiro atoms. The van der Waals surface area contributed by atoms with Crippen molar-refractivity contribution in [3.63, 3.8) is 0 Å². The molecule has 1 aliphatic rings. The van der Waals surface area contributed by atoms with Crippen molar-refractivity contribution in [1.82, 2.24) is 4.90 Å². The quantitative estimate of drug-likeness (QED) is 0.782. The van der Waals surface area contributed by atoms with E-state index >= 15 is 0 Å². The molecule has 0 fully saturated rings. The Kier molecular flexibility index (Phi) is 4.89. The molecule has 0 aromatic heterocycles. The topological polar surface area (TPSA) is 38.8 Å². The zero-order valence-electron chi connectivity index (χ0n) is 13.2. The molecule has 0 N–H and O–H groups in total. The van der Waals surface area contributed by atoms with E-state index < -0.39 is 0 Å². The average molecular weight is 289 g/mol. The Morgan fingerprint density at radius 2 is 2.24 bits per heavy atom. The standard InChI is InChI=1S/C17H23NO3/c1-5-18(4)17(19)8-7-13-10-16-14(9-12(3)21-16)11-15(13)20-6-2/h7-8,10-12H,5-6,9H2,1-4H3/b8-7+. The molecule has 0 saturated carbocycles. The van der Waals surface area contributed by atoms with Crippen molar-refractivity contribution < 1.29 is 14.3 Å². The maximum absolute atomic E-state index is 11.9. The normalized spacial score (nSPS) is 16.7. The third-order valence-corrected chi connectivity index (χ3v) is 3.58. The molecular formula is C17H23NO3. The summed E-state index contributed by atoms with van der Waals surface area (Å²) >= 11 is 0. The van der Waals surface area contributed by atoms with Gasteiger partial charge in [-0.3, -0.25) is 4.79 Å². The van der Waals surface area contributed by atoms with E-state index in [9.17, 15) is 4.79 Å². The number of ether oxygens (including phenoxy) is 2. The Labute approximate surface area is 126 Å². The van der Waals surface area contributed by atoms with E-state index in [1.165, 1.54) is 5.56 Å². The van der Waals surface area contributed by atoms with Gasteiger partial charge in [0.1, 0.15) is 17.6 Å². The van der Waals surface area contributed by atoms with Crippen LogP contribution in [0.15, 0.2) is 18.2 Å². The van der Waals surface area contributed by atoms with Crippen molar-refractivity contribution in [2.45, 2.75) is 33.3 Å². The lowest BCUT2D eigenvalue weighted by molar-refractivity contribution is -0.124. The first-order chi connectivity index (χ1) is 10.0. The number of carbonyl (C=O) groups excluding carboxylic acids is 1. The highest BCUT2D eigenvalue weighted by Gasteiger charge is 2.21. The van der Waals surface area contributed by atoms with Crippen LogP contribution in [0, 0.1) is 0 Å². The second kappa shape index (κ2) is 6.66. The molecule has 1 aromatic rings. The van der Waals surface area contributed by atoms with Crippen molar-refractivity contribution in [1.29, 1.82) is 0 Å². The zero-order chi connectivity index (χ0) is 15.4. The molecule has 0 aliphatic carbocycles. The predicted molar refractivity (Wildman–Crippen MR) is 83.8 cm³/mol. The van der Waals surface area contributed by atoms with Crippen LogP contribution in [0.25, 0.3) is 6.08 Å². The van der Waals surface area contributed by atoms with Gasteiger partial charge in [-0.2, -0.15) is 0 Å². The number of carbonyl (C=O) groups is 1. The molecule has 1 amide bonds. The molecule has 4 heteroatoms. The minimum atomic E-state index is -0.0188. The molecule has 2 rings (SSSR count). The molecule has 1 aliphatic heterocycles. The number of hydrogen-bond acceptors (Lipinski definition) is 3. The van der Waals surface area contributed by atoms with E-state index in [-0.39, 0.29) is 12.0 Å². The first kappa shape index (κ1) is 15.4. The van der Waals surface area contributed by atoms with Crippen LogP contribution < -0.4 is 9.47 Å². The lowest BCUT2D eigenvalue weighted by Gasteiger charge is -2.12. The van der Waals surface area contributed by atoms with Gasteiger partial charge in [0.25, 0.3) is 0 Å². The SMILES string of the molecule is CCOc1cc2c(cc1/C=C/C(=O)N(C)CC)OC(C)C2. The van der Waals surface area contributed by atoms with Crippen LogP contribution in [0.1, 0.15) is 31.9 Å². The highest BCUT2D eigenvalue weighted by Crippen LogP contribution is 2.35. The van der Waals surface area contributed by atoms with Crippen LogP contribution in [-0.2, 0) is 11.2 Å². The molecule has 1 unspecified atom stereocenters.